The van der Waals surface area contributed by atoms with E-state index in [-0.39, 0.29) is 6.54 Å². The van der Waals surface area contributed by atoms with Gasteiger partial charge in [0.05, 0.1) is 0 Å². The van der Waals surface area contributed by atoms with Crippen LogP contribution in [0.3, 0.4) is 0 Å². The maximum absolute atomic E-state index is 11.6. The lowest BCUT2D eigenvalue weighted by Gasteiger charge is -2.25. The number of nitrogens with zero attached hydrogens (tertiary/aromatic N) is 1. The van der Waals surface area contributed by atoms with Crippen LogP contribution in [0.2, 0.25) is 0 Å². The standard InChI is InChI=1S/C8H15ClN2O2S/c1-8(9)7-10-14(12,13)11-5-3-2-4-6-11/h10H,1-7H2. The summed E-state index contributed by atoms with van der Waals surface area (Å²) in [5, 5.41) is 0.297. The third-order valence-corrected chi connectivity index (χ3v) is 3.79. The zero-order valence-corrected chi connectivity index (χ0v) is 9.57. The van der Waals surface area contributed by atoms with Gasteiger partial charge < -0.3 is 0 Å². The molecule has 0 amide bonds. The van der Waals surface area contributed by atoms with Crippen LogP contribution in [0.5, 0.6) is 0 Å². The van der Waals surface area contributed by atoms with Crippen molar-refractivity contribution in [3.63, 3.8) is 0 Å². The van der Waals surface area contributed by atoms with Gasteiger partial charge in [-0.3, -0.25) is 0 Å². The average Bonchev–Trinajstić information content (AvgIpc) is 2.16. The second kappa shape index (κ2) is 5.11. The Hall–Kier alpha value is -0.100. The van der Waals surface area contributed by atoms with Crippen LogP contribution in [0, 0.1) is 0 Å². The average molecular weight is 239 g/mol. The molecule has 1 fully saturated rings. The molecular formula is C8H15ClN2O2S. The predicted octanol–water partition coefficient (Wildman–Crippen LogP) is 1.06. The van der Waals surface area contributed by atoms with Crippen molar-refractivity contribution in [2.45, 2.75) is 19.3 Å². The van der Waals surface area contributed by atoms with Crippen molar-refractivity contribution >= 4 is 21.8 Å². The van der Waals surface area contributed by atoms with Gasteiger partial charge in [0.15, 0.2) is 0 Å². The lowest BCUT2D eigenvalue weighted by atomic mass is 10.2. The second-order valence-corrected chi connectivity index (χ2v) is 5.59. The third-order valence-electron chi connectivity index (χ3n) is 2.10. The minimum atomic E-state index is -3.34. The normalized spacial score (nSPS) is 19.5. The molecule has 1 heterocycles. The fourth-order valence-electron chi connectivity index (χ4n) is 1.37. The van der Waals surface area contributed by atoms with Crippen molar-refractivity contribution in [3.05, 3.63) is 11.6 Å². The van der Waals surface area contributed by atoms with Gasteiger partial charge in [0.25, 0.3) is 10.2 Å². The van der Waals surface area contributed by atoms with Crippen molar-refractivity contribution < 1.29 is 8.42 Å². The van der Waals surface area contributed by atoms with Gasteiger partial charge in [-0.1, -0.05) is 24.6 Å². The minimum Gasteiger partial charge on any atom is -0.197 e. The summed E-state index contributed by atoms with van der Waals surface area (Å²) >= 11 is 5.48. The largest absolute Gasteiger partial charge is 0.279 e. The molecule has 6 heteroatoms. The van der Waals surface area contributed by atoms with E-state index in [1.54, 1.807) is 0 Å². The topological polar surface area (TPSA) is 49.4 Å². The Balaban J connectivity index is 2.50. The first-order valence-electron chi connectivity index (χ1n) is 4.60. The van der Waals surface area contributed by atoms with E-state index in [0.29, 0.717) is 18.1 Å². The molecule has 0 saturated carbocycles. The minimum absolute atomic E-state index is 0.0976. The summed E-state index contributed by atoms with van der Waals surface area (Å²) in [6, 6.07) is 0. The molecule has 0 atom stereocenters. The molecule has 0 aromatic carbocycles. The monoisotopic (exact) mass is 238 g/mol. The molecule has 1 aliphatic heterocycles. The summed E-state index contributed by atoms with van der Waals surface area (Å²) in [4.78, 5) is 0. The molecule has 1 rings (SSSR count). The summed E-state index contributed by atoms with van der Waals surface area (Å²) in [5.41, 5.74) is 0. The first-order chi connectivity index (χ1) is 6.52. The molecule has 4 nitrogen and oxygen atoms in total. The van der Waals surface area contributed by atoms with Crippen LogP contribution < -0.4 is 4.72 Å². The smallest absolute Gasteiger partial charge is 0.197 e. The number of halogens is 1. The van der Waals surface area contributed by atoms with Crippen molar-refractivity contribution in [2.75, 3.05) is 19.6 Å². The fourth-order valence-corrected chi connectivity index (χ4v) is 2.79. The molecule has 0 radical (unpaired) electrons. The molecule has 1 aliphatic rings. The van der Waals surface area contributed by atoms with Gasteiger partial charge >= 0.3 is 0 Å². The number of rotatable bonds is 4. The Morgan fingerprint density at radius 2 is 1.93 bits per heavy atom. The SMILES string of the molecule is C=C(Cl)CNS(=O)(=O)N1CCCCC1. The predicted molar refractivity (Wildman–Crippen MR) is 57.3 cm³/mol. The molecule has 0 aromatic rings. The van der Waals surface area contributed by atoms with Crippen LogP contribution in [0.25, 0.3) is 0 Å². The lowest BCUT2D eigenvalue weighted by Crippen LogP contribution is -2.43. The van der Waals surface area contributed by atoms with Crippen molar-refractivity contribution in [3.8, 4) is 0 Å². The van der Waals surface area contributed by atoms with Gasteiger partial charge in [0.2, 0.25) is 0 Å². The van der Waals surface area contributed by atoms with Crippen LogP contribution in [0.1, 0.15) is 19.3 Å². The van der Waals surface area contributed by atoms with Crippen molar-refractivity contribution in [1.82, 2.24) is 9.03 Å². The highest BCUT2D eigenvalue weighted by Gasteiger charge is 2.22. The molecule has 0 bridgehead atoms. The lowest BCUT2D eigenvalue weighted by molar-refractivity contribution is 0.342. The van der Waals surface area contributed by atoms with E-state index in [4.69, 9.17) is 11.6 Å². The second-order valence-electron chi connectivity index (χ2n) is 3.30. The maximum Gasteiger partial charge on any atom is 0.279 e. The quantitative estimate of drug-likeness (QED) is 0.796. The Kier molecular flexibility index (Phi) is 4.37. The zero-order chi connectivity index (χ0) is 10.6. The summed E-state index contributed by atoms with van der Waals surface area (Å²) in [5.74, 6) is 0. The highest BCUT2D eigenvalue weighted by atomic mass is 35.5. The molecule has 82 valence electrons. The highest BCUT2D eigenvalue weighted by molar-refractivity contribution is 7.87. The molecule has 0 spiro atoms. The van der Waals surface area contributed by atoms with E-state index in [2.05, 4.69) is 11.3 Å². The number of piperidine rings is 1. The number of nitrogens with one attached hydrogen (secondary N) is 1. The molecule has 14 heavy (non-hydrogen) atoms. The van der Waals surface area contributed by atoms with Gasteiger partial charge in [0, 0.05) is 24.7 Å². The van der Waals surface area contributed by atoms with E-state index < -0.39 is 10.2 Å². The number of hydrogen-bond donors (Lipinski definition) is 1. The fraction of sp³-hybridized carbons (Fsp3) is 0.750. The Labute approximate surface area is 90.1 Å². The molecule has 0 unspecified atom stereocenters. The highest BCUT2D eigenvalue weighted by Crippen LogP contribution is 2.11. The van der Waals surface area contributed by atoms with E-state index >= 15 is 0 Å². The van der Waals surface area contributed by atoms with Crippen LogP contribution >= 0.6 is 11.6 Å². The van der Waals surface area contributed by atoms with Gasteiger partial charge in [-0.2, -0.15) is 17.4 Å². The van der Waals surface area contributed by atoms with E-state index in [0.717, 1.165) is 19.3 Å². The van der Waals surface area contributed by atoms with Crippen LogP contribution in [0.4, 0.5) is 0 Å². The van der Waals surface area contributed by atoms with Gasteiger partial charge in [-0.05, 0) is 12.8 Å². The zero-order valence-electron chi connectivity index (χ0n) is 8.00. The Morgan fingerprint density at radius 3 is 2.43 bits per heavy atom. The molecule has 0 aromatic heterocycles. The van der Waals surface area contributed by atoms with Crippen LogP contribution in [-0.2, 0) is 10.2 Å². The summed E-state index contributed by atoms with van der Waals surface area (Å²) < 4.78 is 27.1. The first-order valence-corrected chi connectivity index (χ1v) is 6.42. The summed E-state index contributed by atoms with van der Waals surface area (Å²) in [6.07, 6.45) is 2.97. The Morgan fingerprint density at radius 1 is 1.36 bits per heavy atom. The van der Waals surface area contributed by atoms with Crippen molar-refractivity contribution in [1.29, 1.82) is 0 Å². The number of hydrogen-bond acceptors (Lipinski definition) is 2. The maximum atomic E-state index is 11.6. The van der Waals surface area contributed by atoms with Crippen molar-refractivity contribution in [2.24, 2.45) is 0 Å². The van der Waals surface area contributed by atoms with Gasteiger partial charge in [-0.15, -0.1) is 0 Å². The first kappa shape index (κ1) is 12.0. The molecule has 0 aliphatic carbocycles. The van der Waals surface area contributed by atoms with E-state index in [9.17, 15) is 8.42 Å². The van der Waals surface area contributed by atoms with Gasteiger partial charge in [0.1, 0.15) is 0 Å². The summed E-state index contributed by atoms with van der Waals surface area (Å²) in [7, 11) is -3.34. The van der Waals surface area contributed by atoms with Gasteiger partial charge in [-0.25, -0.2) is 0 Å². The van der Waals surface area contributed by atoms with E-state index in [1.807, 2.05) is 0 Å². The Bertz CT molecular complexity index is 296. The van der Waals surface area contributed by atoms with Crippen LogP contribution in [-0.4, -0.2) is 32.4 Å². The third kappa shape index (κ3) is 3.57. The van der Waals surface area contributed by atoms with Crippen LogP contribution in [0.15, 0.2) is 11.6 Å². The molecular weight excluding hydrogens is 224 g/mol. The molecule has 1 N–H and O–H groups in total. The summed E-state index contributed by atoms with van der Waals surface area (Å²) in [6.45, 7) is 4.72. The van der Waals surface area contributed by atoms with E-state index in [1.165, 1.54) is 4.31 Å². The molecule has 1 saturated heterocycles.